The maximum Gasteiger partial charge on any atom is 0.221 e. The molecule has 0 radical (unpaired) electrons. The van der Waals surface area contributed by atoms with Gasteiger partial charge in [-0.05, 0) is 13.3 Å². The minimum absolute atomic E-state index is 0.0449. The molecule has 1 unspecified atom stereocenters. The summed E-state index contributed by atoms with van der Waals surface area (Å²) in [5, 5.41) is 10.8. The van der Waals surface area contributed by atoms with Crippen LogP contribution in [0, 0.1) is 11.3 Å². The van der Waals surface area contributed by atoms with Gasteiger partial charge in [-0.1, -0.05) is 6.92 Å². The van der Waals surface area contributed by atoms with E-state index >= 15 is 0 Å². The molecule has 0 aromatic rings. The van der Waals surface area contributed by atoms with E-state index in [-0.39, 0.29) is 11.9 Å². The van der Waals surface area contributed by atoms with Gasteiger partial charge in [-0.3, -0.25) is 4.79 Å². The molecule has 3 heteroatoms. The van der Waals surface area contributed by atoms with Gasteiger partial charge in [-0.15, -0.1) is 0 Å². The molecule has 0 heterocycles. The first kappa shape index (κ1) is 8.96. The highest BCUT2D eigenvalue weighted by Gasteiger charge is 2.02. The number of hydrogen-bond acceptors (Lipinski definition) is 2. The van der Waals surface area contributed by atoms with Crippen LogP contribution in [0.4, 0.5) is 0 Å². The van der Waals surface area contributed by atoms with Gasteiger partial charge in [0, 0.05) is 6.42 Å². The minimum Gasteiger partial charge on any atom is -0.341 e. The van der Waals surface area contributed by atoms with Crippen LogP contribution >= 0.6 is 0 Å². The molecule has 1 N–H and O–H groups in total. The Hall–Kier alpha value is -1.04. The lowest BCUT2D eigenvalue weighted by Gasteiger charge is -2.03. The normalized spacial score (nSPS) is 11.7. The van der Waals surface area contributed by atoms with Gasteiger partial charge in [0.25, 0.3) is 0 Å². The maximum absolute atomic E-state index is 10.8. The van der Waals surface area contributed by atoms with Gasteiger partial charge in [-0.25, -0.2) is 0 Å². The quantitative estimate of drug-likeness (QED) is 0.630. The van der Waals surface area contributed by atoms with Gasteiger partial charge >= 0.3 is 0 Å². The Kier molecular flexibility index (Phi) is 4.30. The number of carbonyl (C=O) groups excluding carboxylic acids is 1. The molecule has 0 aliphatic rings. The lowest BCUT2D eigenvalue weighted by atomic mass is 10.3. The zero-order valence-electron chi connectivity index (χ0n) is 6.35. The van der Waals surface area contributed by atoms with Gasteiger partial charge in [-0.2, -0.15) is 5.26 Å². The molecule has 0 saturated heterocycles. The first-order valence-corrected chi connectivity index (χ1v) is 3.39. The van der Waals surface area contributed by atoms with Crippen LogP contribution in [0.3, 0.4) is 0 Å². The van der Waals surface area contributed by atoms with Crippen LogP contribution in [-0.2, 0) is 4.79 Å². The third kappa shape index (κ3) is 3.90. The molecule has 0 aliphatic heterocycles. The second-order valence-electron chi connectivity index (χ2n) is 2.17. The van der Waals surface area contributed by atoms with Gasteiger partial charge in [0.15, 0.2) is 0 Å². The van der Waals surface area contributed by atoms with Gasteiger partial charge < -0.3 is 5.32 Å². The predicted molar refractivity (Wildman–Crippen MR) is 38.1 cm³/mol. The first-order valence-electron chi connectivity index (χ1n) is 3.39. The van der Waals surface area contributed by atoms with Crippen molar-refractivity contribution in [3.8, 4) is 6.07 Å². The molecule has 1 amide bonds. The van der Waals surface area contributed by atoms with E-state index in [0.717, 1.165) is 6.42 Å². The van der Waals surface area contributed by atoms with Crippen molar-refractivity contribution in [2.45, 2.75) is 32.7 Å². The summed E-state index contributed by atoms with van der Waals surface area (Å²) in [7, 11) is 0. The summed E-state index contributed by atoms with van der Waals surface area (Å²) < 4.78 is 0. The Morgan fingerprint density at radius 3 is 2.80 bits per heavy atom. The van der Waals surface area contributed by atoms with Crippen molar-refractivity contribution in [1.82, 2.24) is 5.32 Å². The molecule has 1 atom stereocenters. The Balaban J connectivity index is 3.49. The average molecular weight is 140 g/mol. The zero-order chi connectivity index (χ0) is 7.98. The van der Waals surface area contributed by atoms with Crippen molar-refractivity contribution in [2.75, 3.05) is 0 Å². The molecule has 0 saturated carbocycles. The summed E-state index contributed by atoms with van der Waals surface area (Å²) in [6.45, 7) is 3.59. The summed E-state index contributed by atoms with van der Waals surface area (Å²) in [5.74, 6) is -0.0449. The fraction of sp³-hybridized carbons (Fsp3) is 0.714. The SMILES string of the molecule is CCCC(=O)NC(C)C#N. The molecule has 10 heavy (non-hydrogen) atoms. The predicted octanol–water partition coefficient (Wildman–Crippen LogP) is 0.815. The number of carbonyl (C=O) groups is 1. The van der Waals surface area contributed by atoms with Crippen molar-refractivity contribution < 1.29 is 4.79 Å². The lowest BCUT2D eigenvalue weighted by molar-refractivity contribution is -0.121. The molecule has 56 valence electrons. The molecule has 0 rings (SSSR count). The number of nitrogens with one attached hydrogen (secondary N) is 1. The molecular weight excluding hydrogens is 128 g/mol. The summed E-state index contributed by atoms with van der Waals surface area (Å²) in [6, 6.07) is 1.56. The Morgan fingerprint density at radius 1 is 1.80 bits per heavy atom. The zero-order valence-corrected chi connectivity index (χ0v) is 6.35. The topological polar surface area (TPSA) is 52.9 Å². The van der Waals surface area contributed by atoms with Crippen LogP contribution in [0.5, 0.6) is 0 Å². The van der Waals surface area contributed by atoms with Gasteiger partial charge in [0.05, 0.1) is 6.07 Å². The van der Waals surface area contributed by atoms with E-state index in [1.54, 1.807) is 6.92 Å². The molecule has 0 aliphatic carbocycles. The van der Waals surface area contributed by atoms with Crippen molar-refractivity contribution in [3.63, 3.8) is 0 Å². The monoisotopic (exact) mass is 140 g/mol. The van der Waals surface area contributed by atoms with E-state index in [1.807, 2.05) is 13.0 Å². The average Bonchev–Trinajstić information content (AvgIpc) is 1.88. The summed E-state index contributed by atoms with van der Waals surface area (Å²) in [6.07, 6.45) is 1.33. The fourth-order valence-electron chi connectivity index (χ4n) is 0.573. The highest BCUT2D eigenvalue weighted by molar-refractivity contribution is 5.76. The van der Waals surface area contributed by atoms with Crippen LogP contribution in [0.2, 0.25) is 0 Å². The molecule has 0 bridgehead atoms. The van der Waals surface area contributed by atoms with Crippen LogP contribution in [-0.4, -0.2) is 11.9 Å². The van der Waals surface area contributed by atoms with Crippen LogP contribution in [0.15, 0.2) is 0 Å². The maximum atomic E-state index is 10.8. The Labute approximate surface area is 61.0 Å². The highest BCUT2D eigenvalue weighted by atomic mass is 16.1. The second kappa shape index (κ2) is 4.80. The van der Waals surface area contributed by atoms with Crippen molar-refractivity contribution >= 4 is 5.91 Å². The molecule has 0 spiro atoms. The van der Waals surface area contributed by atoms with Crippen molar-refractivity contribution in [1.29, 1.82) is 5.26 Å². The lowest BCUT2D eigenvalue weighted by Crippen LogP contribution is -2.30. The Morgan fingerprint density at radius 2 is 2.40 bits per heavy atom. The van der Waals surface area contributed by atoms with E-state index in [4.69, 9.17) is 5.26 Å². The number of amides is 1. The second-order valence-corrected chi connectivity index (χ2v) is 2.17. The van der Waals surface area contributed by atoms with E-state index in [1.165, 1.54) is 0 Å². The molecule has 0 aromatic heterocycles. The van der Waals surface area contributed by atoms with E-state index < -0.39 is 0 Å². The highest BCUT2D eigenvalue weighted by Crippen LogP contribution is 1.87. The largest absolute Gasteiger partial charge is 0.341 e. The van der Waals surface area contributed by atoms with Crippen molar-refractivity contribution in [3.05, 3.63) is 0 Å². The van der Waals surface area contributed by atoms with Gasteiger partial charge in [0.2, 0.25) is 5.91 Å². The molecule has 0 aromatic carbocycles. The first-order chi connectivity index (χ1) is 4.70. The summed E-state index contributed by atoms with van der Waals surface area (Å²) >= 11 is 0. The van der Waals surface area contributed by atoms with Crippen molar-refractivity contribution in [2.24, 2.45) is 0 Å². The molecule has 0 fully saturated rings. The van der Waals surface area contributed by atoms with E-state index in [9.17, 15) is 4.79 Å². The number of rotatable bonds is 3. The van der Waals surface area contributed by atoms with E-state index in [2.05, 4.69) is 5.32 Å². The summed E-state index contributed by atoms with van der Waals surface area (Å²) in [5.41, 5.74) is 0. The molecular formula is C7H12N2O. The fourth-order valence-corrected chi connectivity index (χ4v) is 0.573. The number of nitriles is 1. The van der Waals surface area contributed by atoms with Crippen LogP contribution < -0.4 is 5.32 Å². The summed E-state index contributed by atoms with van der Waals surface area (Å²) in [4.78, 5) is 10.8. The number of hydrogen-bond donors (Lipinski definition) is 1. The third-order valence-corrected chi connectivity index (χ3v) is 1.05. The smallest absolute Gasteiger partial charge is 0.221 e. The number of nitrogens with zero attached hydrogens (tertiary/aromatic N) is 1. The van der Waals surface area contributed by atoms with E-state index in [0.29, 0.717) is 6.42 Å². The molecule has 3 nitrogen and oxygen atoms in total. The van der Waals surface area contributed by atoms with Crippen LogP contribution in [0.1, 0.15) is 26.7 Å². The van der Waals surface area contributed by atoms with Gasteiger partial charge in [0.1, 0.15) is 6.04 Å². The third-order valence-electron chi connectivity index (χ3n) is 1.05. The minimum atomic E-state index is -0.362. The standard InChI is InChI=1S/C7H12N2O/c1-3-4-7(10)9-6(2)5-8/h6H,3-4H2,1-2H3,(H,9,10). The Bertz CT molecular complexity index is 148. The van der Waals surface area contributed by atoms with Crippen LogP contribution in [0.25, 0.3) is 0 Å².